The van der Waals surface area contributed by atoms with Crippen LogP contribution in [0.3, 0.4) is 0 Å². The van der Waals surface area contributed by atoms with Crippen molar-refractivity contribution in [2.45, 2.75) is 20.0 Å². The van der Waals surface area contributed by atoms with Crippen LogP contribution >= 0.6 is 0 Å². The average Bonchev–Trinajstić information content (AvgIpc) is 3.43. The summed E-state index contributed by atoms with van der Waals surface area (Å²) in [7, 11) is 1.53. The van der Waals surface area contributed by atoms with Crippen molar-refractivity contribution >= 4 is 28.3 Å². The van der Waals surface area contributed by atoms with Gasteiger partial charge in [0.2, 0.25) is 11.8 Å². The molecular formula is C31H28FN7O4. The van der Waals surface area contributed by atoms with E-state index in [-0.39, 0.29) is 23.4 Å². The summed E-state index contributed by atoms with van der Waals surface area (Å²) in [5, 5.41) is 8.09. The number of rotatable bonds is 9. The highest BCUT2D eigenvalue weighted by Crippen LogP contribution is 2.37. The summed E-state index contributed by atoms with van der Waals surface area (Å²) in [6.45, 7) is 8.29. The second kappa shape index (κ2) is 11.4. The molecule has 0 radical (unpaired) electrons. The zero-order chi connectivity index (χ0) is 30.1. The van der Waals surface area contributed by atoms with Crippen molar-refractivity contribution in [1.29, 1.82) is 0 Å². The van der Waals surface area contributed by atoms with Crippen LogP contribution in [-0.2, 0) is 4.79 Å². The molecule has 0 bridgehead atoms. The lowest BCUT2D eigenvalue weighted by Crippen LogP contribution is -2.55. The molecule has 0 atom stereocenters. The maximum Gasteiger partial charge on any atom is 0.246 e. The Morgan fingerprint density at radius 1 is 1.09 bits per heavy atom. The van der Waals surface area contributed by atoms with Crippen molar-refractivity contribution in [3.05, 3.63) is 90.9 Å². The first-order valence-electron chi connectivity index (χ1n) is 13.5. The van der Waals surface area contributed by atoms with Gasteiger partial charge in [-0.25, -0.2) is 19.0 Å². The third kappa shape index (κ3) is 5.67. The fourth-order valence-corrected chi connectivity index (χ4v) is 4.75. The summed E-state index contributed by atoms with van der Waals surface area (Å²) in [4.78, 5) is 26.4. The molecule has 11 nitrogen and oxygen atoms in total. The SMILES string of the molecule is C=CC(=O)N1CC(Oc2cc3c(Nc4ccc(Oc5ccn(-c6cnc(C)cc6C)n5)cc4F)ncnc3cc2OC)C1. The maximum atomic E-state index is 15.3. The minimum absolute atomic E-state index is 0.145. The number of hydrogen-bond donors (Lipinski definition) is 1. The molecule has 3 aromatic heterocycles. The lowest BCUT2D eigenvalue weighted by atomic mass is 10.1. The Morgan fingerprint density at radius 2 is 1.93 bits per heavy atom. The van der Waals surface area contributed by atoms with Crippen LogP contribution < -0.4 is 19.5 Å². The van der Waals surface area contributed by atoms with Crippen LogP contribution in [0.1, 0.15) is 11.3 Å². The van der Waals surface area contributed by atoms with Gasteiger partial charge in [-0.1, -0.05) is 6.58 Å². The summed E-state index contributed by atoms with van der Waals surface area (Å²) in [5.74, 6) is 1.22. The number of aryl methyl sites for hydroxylation is 2. The zero-order valence-electron chi connectivity index (χ0n) is 23.7. The summed E-state index contributed by atoms with van der Waals surface area (Å²) < 4.78 is 34.4. The van der Waals surface area contributed by atoms with Crippen molar-refractivity contribution in [1.82, 2.24) is 29.6 Å². The number of benzene rings is 2. The standard InChI is InChI=1S/C31H28FN7O4/c1-5-30(40)38-15-21(16-38)42-28-12-22-25(13-27(28)41-4)34-17-35-31(22)36-24-7-6-20(11-23(24)32)43-29-8-9-39(37-29)26-14-33-19(3)10-18(26)2/h5-14,17,21H,1,15-16H2,2-4H3,(H,34,35,36). The summed E-state index contributed by atoms with van der Waals surface area (Å²) in [5.41, 5.74) is 3.53. The number of carbonyl (C=O) groups is 1. The Labute approximate surface area is 246 Å². The molecule has 43 heavy (non-hydrogen) atoms. The number of ether oxygens (including phenoxy) is 3. The van der Waals surface area contributed by atoms with E-state index in [1.54, 1.807) is 52.3 Å². The third-order valence-electron chi connectivity index (χ3n) is 7.00. The van der Waals surface area contributed by atoms with E-state index < -0.39 is 5.82 Å². The molecule has 5 aromatic rings. The molecule has 1 saturated heterocycles. The van der Waals surface area contributed by atoms with Crippen molar-refractivity contribution in [3.63, 3.8) is 0 Å². The number of likely N-dealkylation sites (tertiary alicyclic amines) is 1. The molecule has 0 unspecified atom stereocenters. The molecule has 6 rings (SSSR count). The number of nitrogens with one attached hydrogen (secondary N) is 1. The quantitative estimate of drug-likeness (QED) is 0.232. The minimum Gasteiger partial charge on any atom is -0.493 e. The topological polar surface area (TPSA) is 117 Å². The molecule has 1 aliphatic heterocycles. The summed E-state index contributed by atoms with van der Waals surface area (Å²) in [6.07, 6.45) is 5.96. The second-order valence-corrected chi connectivity index (χ2v) is 10.0. The molecule has 0 spiro atoms. The van der Waals surface area contributed by atoms with Crippen LogP contribution in [0.4, 0.5) is 15.9 Å². The number of fused-ring (bicyclic) bond motifs is 1. The van der Waals surface area contributed by atoms with Gasteiger partial charge in [-0.05, 0) is 49.8 Å². The van der Waals surface area contributed by atoms with E-state index in [0.29, 0.717) is 47.2 Å². The van der Waals surface area contributed by atoms with Gasteiger partial charge in [-0.3, -0.25) is 9.78 Å². The van der Waals surface area contributed by atoms with E-state index in [0.717, 1.165) is 16.9 Å². The Hall–Kier alpha value is -5.52. The van der Waals surface area contributed by atoms with Gasteiger partial charge >= 0.3 is 0 Å². The highest BCUT2D eigenvalue weighted by molar-refractivity contribution is 5.93. The Balaban J connectivity index is 1.19. The summed E-state index contributed by atoms with van der Waals surface area (Å²) >= 11 is 0. The van der Waals surface area contributed by atoms with Crippen molar-refractivity contribution in [3.8, 4) is 28.8 Å². The number of methoxy groups -OCH3 is 1. The van der Waals surface area contributed by atoms with Crippen LogP contribution in [0.2, 0.25) is 0 Å². The summed E-state index contributed by atoms with van der Waals surface area (Å²) in [6, 6.07) is 11.6. The average molecular weight is 582 g/mol. The highest BCUT2D eigenvalue weighted by atomic mass is 19.1. The van der Waals surface area contributed by atoms with Gasteiger partial charge in [0.1, 0.15) is 29.8 Å². The van der Waals surface area contributed by atoms with Gasteiger partial charge in [0, 0.05) is 35.5 Å². The maximum absolute atomic E-state index is 15.3. The lowest BCUT2D eigenvalue weighted by molar-refractivity contribution is -0.134. The van der Waals surface area contributed by atoms with Crippen LogP contribution in [0, 0.1) is 19.7 Å². The number of nitrogens with zero attached hydrogens (tertiary/aromatic N) is 6. The van der Waals surface area contributed by atoms with Gasteiger partial charge in [0.15, 0.2) is 11.5 Å². The van der Waals surface area contributed by atoms with Gasteiger partial charge in [-0.15, -0.1) is 5.10 Å². The largest absolute Gasteiger partial charge is 0.493 e. The van der Waals surface area contributed by atoms with Crippen LogP contribution in [-0.4, -0.2) is 61.8 Å². The monoisotopic (exact) mass is 581 g/mol. The number of amides is 1. The molecule has 0 aliphatic carbocycles. The number of aromatic nitrogens is 5. The van der Waals surface area contributed by atoms with Crippen LogP contribution in [0.15, 0.2) is 73.8 Å². The molecule has 1 N–H and O–H groups in total. The number of hydrogen-bond acceptors (Lipinski definition) is 9. The second-order valence-electron chi connectivity index (χ2n) is 10.0. The number of anilines is 2. The zero-order valence-corrected chi connectivity index (χ0v) is 23.7. The molecular weight excluding hydrogens is 553 g/mol. The van der Waals surface area contributed by atoms with E-state index in [4.69, 9.17) is 14.2 Å². The van der Waals surface area contributed by atoms with E-state index in [1.165, 1.54) is 25.6 Å². The third-order valence-corrected chi connectivity index (χ3v) is 7.00. The molecule has 1 amide bonds. The highest BCUT2D eigenvalue weighted by Gasteiger charge is 2.31. The van der Waals surface area contributed by atoms with Crippen molar-refractivity contribution in [2.75, 3.05) is 25.5 Å². The molecule has 12 heteroatoms. The molecule has 4 heterocycles. The Kier molecular flexibility index (Phi) is 7.33. The predicted molar refractivity (Wildman–Crippen MR) is 158 cm³/mol. The first-order valence-corrected chi connectivity index (χ1v) is 13.5. The van der Waals surface area contributed by atoms with E-state index in [1.807, 2.05) is 19.9 Å². The van der Waals surface area contributed by atoms with Gasteiger partial charge in [0.05, 0.1) is 43.3 Å². The van der Waals surface area contributed by atoms with E-state index in [9.17, 15) is 4.79 Å². The molecule has 1 fully saturated rings. The molecule has 1 aliphatic rings. The van der Waals surface area contributed by atoms with Crippen molar-refractivity contribution in [2.24, 2.45) is 0 Å². The molecule has 0 saturated carbocycles. The van der Waals surface area contributed by atoms with Gasteiger partial charge in [0.25, 0.3) is 0 Å². The van der Waals surface area contributed by atoms with Crippen LogP contribution in [0.5, 0.6) is 23.1 Å². The number of halogens is 1. The smallest absolute Gasteiger partial charge is 0.246 e. The fraction of sp³-hybridized carbons (Fsp3) is 0.194. The predicted octanol–water partition coefficient (Wildman–Crippen LogP) is 5.29. The van der Waals surface area contributed by atoms with E-state index in [2.05, 4.69) is 31.9 Å². The molecule has 218 valence electrons. The van der Waals surface area contributed by atoms with Gasteiger partial charge < -0.3 is 24.4 Å². The first-order chi connectivity index (χ1) is 20.8. The van der Waals surface area contributed by atoms with Crippen LogP contribution in [0.25, 0.3) is 16.6 Å². The number of carbonyl (C=O) groups excluding carboxylic acids is 1. The van der Waals surface area contributed by atoms with E-state index >= 15 is 4.39 Å². The number of pyridine rings is 1. The molecule has 2 aromatic carbocycles. The van der Waals surface area contributed by atoms with Crippen molar-refractivity contribution < 1.29 is 23.4 Å². The fourth-order valence-electron chi connectivity index (χ4n) is 4.75. The Bertz CT molecular complexity index is 1850. The normalized spacial score (nSPS) is 13.0. The minimum atomic E-state index is -0.547. The lowest BCUT2D eigenvalue weighted by Gasteiger charge is -2.38. The Morgan fingerprint density at radius 3 is 2.67 bits per heavy atom. The first kappa shape index (κ1) is 27.6. The van der Waals surface area contributed by atoms with Gasteiger partial charge in [-0.2, -0.15) is 0 Å².